The van der Waals surface area contributed by atoms with E-state index in [4.69, 9.17) is 9.26 Å². The molecule has 6 heteroatoms. The summed E-state index contributed by atoms with van der Waals surface area (Å²) in [5.41, 5.74) is 0.892. The minimum absolute atomic E-state index is 0.272. The highest BCUT2D eigenvalue weighted by atomic mass is 16.5. The van der Waals surface area contributed by atoms with Crippen molar-refractivity contribution in [3.05, 3.63) is 48.2 Å². The molecule has 0 bridgehead atoms. The van der Waals surface area contributed by atoms with Crippen LogP contribution in [0, 0.1) is 0 Å². The van der Waals surface area contributed by atoms with Crippen LogP contribution in [0.5, 0.6) is 5.75 Å². The van der Waals surface area contributed by atoms with Crippen LogP contribution >= 0.6 is 0 Å². The monoisotopic (exact) mass is 269 g/mol. The summed E-state index contributed by atoms with van der Waals surface area (Å²) in [4.78, 5) is 16.1. The van der Waals surface area contributed by atoms with Crippen molar-refractivity contribution >= 4 is 22.8 Å². The Bertz CT molecular complexity index is 750. The van der Waals surface area contributed by atoms with Crippen LogP contribution in [-0.4, -0.2) is 23.2 Å². The Morgan fingerprint density at radius 2 is 2.05 bits per heavy atom. The van der Waals surface area contributed by atoms with Gasteiger partial charge in [0, 0.05) is 11.8 Å². The number of rotatable bonds is 3. The van der Waals surface area contributed by atoms with E-state index in [9.17, 15) is 4.79 Å². The maximum Gasteiger partial charge on any atom is 0.259 e. The maximum atomic E-state index is 12.1. The number of hydrogen-bond donors (Lipinski definition) is 1. The molecule has 0 fully saturated rings. The first-order chi connectivity index (χ1) is 9.78. The van der Waals surface area contributed by atoms with E-state index >= 15 is 0 Å². The van der Waals surface area contributed by atoms with Crippen molar-refractivity contribution in [1.82, 2.24) is 10.1 Å². The molecule has 1 N–H and O–H groups in total. The molecule has 2 heterocycles. The third kappa shape index (κ3) is 2.18. The first-order valence-corrected chi connectivity index (χ1v) is 5.94. The van der Waals surface area contributed by atoms with E-state index in [1.54, 1.807) is 49.7 Å². The molecule has 0 saturated carbocycles. The lowest BCUT2D eigenvalue weighted by Crippen LogP contribution is -2.12. The number of aromatic nitrogens is 2. The number of carbonyl (C=O) groups is 1. The standard InChI is InChI=1S/C14H11N3O3/c1-19-10-6-4-9(5-7-10)13(18)16-12-11-3-2-8-15-14(11)20-17-12/h2-8H,1H3,(H,16,17,18). The van der Waals surface area contributed by atoms with Crippen molar-refractivity contribution in [3.63, 3.8) is 0 Å². The zero-order chi connectivity index (χ0) is 13.9. The van der Waals surface area contributed by atoms with E-state index in [1.807, 2.05) is 0 Å². The summed E-state index contributed by atoms with van der Waals surface area (Å²) in [5, 5.41) is 7.16. The van der Waals surface area contributed by atoms with Gasteiger partial charge in [-0.1, -0.05) is 5.16 Å². The Morgan fingerprint density at radius 3 is 2.80 bits per heavy atom. The minimum Gasteiger partial charge on any atom is -0.497 e. The van der Waals surface area contributed by atoms with E-state index in [1.165, 1.54) is 0 Å². The van der Waals surface area contributed by atoms with Crippen LogP contribution in [0.4, 0.5) is 5.82 Å². The van der Waals surface area contributed by atoms with Gasteiger partial charge in [-0.15, -0.1) is 0 Å². The molecular weight excluding hydrogens is 258 g/mol. The third-order valence-corrected chi connectivity index (χ3v) is 2.83. The lowest BCUT2D eigenvalue weighted by Gasteiger charge is -2.03. The van der Waals surface area contributed by atoms with E-state index in [0.29, 0.717) is 28.2 Å². The van der Waals surface area contributed by atoms with E-state index < -0.39 is 0 Å². The van der Waals surface area contributed by atoms with Crippen LogP contribution in [0.1, 0.15) is 10.4 Å². The van der Waals surface area contributed by atoms with Gasteiger partial charge in [-0.3, -0.25) is 4.79 Å². The second-order valence-electron chi connectivity index (χ2n) is 4.07. The van der Waals surface area contributed by atoms with Crippen molar-refractivity contribution in [2.75, 3.05) is 12.4 Å². The van der Waals surface area contributed by atoms with Gasteiger partial charge in [0.2, 0.25) is 0 Å². The van der Waals surface area contributed by atoms with Gasteiger partial charge in [0.15, 0.2) is 5.82 Å². The second-order valence-corrected chi connectivity index (χ2v) is 4.07. The number of nitrogens with zero attached hydrogens (tertiary/aromatic N) is 2. The van der Waals surface area contributed by atoms with Gasteiger partial charge in [-0.05, 0) is 36.4 Å². The molecule has 0 unspecified atom stereocenters. The third-order valence-electron chi connectivity index (χ3n) is 2.83. The second kappa shape index (κ2) is 5.00. The van der Waals surface area contributed by atoms with Gasteiger partial charge in [0.25, 0.3) is 11.6 Å². The Labute approximate surface area is 114 Å². The number of carbonyl (C=O) groups excluding carboxylic acids is 1. The fourth-order valence-corrected chi connectivity index (χ4v) is 1.79. The molecule has 0 aliphatic carbocycles. The predicted octanol–water partition coefficient (Wildman–Crippen LogP) is 2.48. The molecule has 0 aliphatic heterocycles. The van der Waals surface area contributed by atoms with E-state index in [0.717, 1.165) is 0 Å². The topological polar surface area (TPSA) is 77.2 Å². The van der Waals surface area contributed by atoms with Crippen LogP contribution in [0.3, 0.4) is 0 Å². The van der Waals surface area contributed by atoms with Crippen LogP contribution in [0.25, 0.3) is 11.1 Å². The number of hydrogen-bond acceptors (Lipinski definition) is 5. The number of benzene rings is 1. The summed E-state index contributed by atoms with van der Waals surface area (Å²) in [6.45, 7) is 0. The number of fused-ring (bicyclic) bond motifs is 1. The molecule has 0 radical (unpaired) electrons. The van der Waals surface area contributed by atoms with Crippen LogP contribution < -0.4 is 10.1 Å². The van der Waals surface area contributed by atoms with Gasteiger partial charge in [0.1, 0.15) is 5.75 Å². The number of anilines is 1. The maximum absolute atomic E-state index is 12.1. The Hall–Kier alpha value is -2.89. The van der Waals surface area contributed by atoms with Crippen molar-refractivity contribution in [2.24, 2.45) is 0 Å². The summed E-state index contributed by atoms with van der Waals surface area (Å²) in [6, 6.07) is 10.3. The van der Waals surface area contributed by atoms with Crippen LogP contribution in [0.15, 0.2) is 47.1 Å². The normalized spacial score (nSPS) is 10.4. The smallest absolute Gasteiger partial charge is 0.259 e. The summed E-state index contributed by atoms with van der Waals surface area (Å²) in [6.07, 6.45) is 1.60. The highest BCUT2D eigenvalue weighted by molar-refractivity contribution is 6.07. The van der Waals surface area contributed by atoms with Gasteiger partial charge in [-0.2, -0.15) is 0 Å². The molecule has 6 nitrogen and oxygen atoms in total. The summed E-state index contributed by atoms with van der Waals surface area (Å²) in [5.74, 6) is 0.776. The van der Waals surface area contributed by atoms with Crippen LogP contribution in [-0.2, 0) is 0 Å². The SMILES string of the molecule is COc1ccc(C(=O)Nc2noc3ncccc23)cc1. The molecule has 3 rings (SSSR count). The highest BCUT2D eigenvalue weighted by Crippen LogP contribution is 2.21. The first-order valence-electron chi connectivity index (χ1n) is 5.94. The predicted molar refractivity (Wildman–Crippen MR) is 72.8 cm³/mol. The zero-order valence-corrected chi connectivity index (χ0v) is 10.7. The molecule has 20 heavy (non-hydrogen) atoms. The average Bonchev–Trinajstić information content (AvgIpc) is 2.91. The average molecular weight is 269 g/mol. The summed E-state index contributed by atoms with van der Waals surface area (Å²) >= 11 is 0. The van der Waals surface area contributed by atoms with Gasteiger partial charge in [0.05, 0.1) is 12.5 Å². The molecule has 0 spiro atoms. The Morgan fingerprint density at radius 1 is 1.25 bits per heavy atom. The quantitative estimate of drug-likeness (QED) is 0.790. The molecule has 1 amide bonds. The van der Waals surface area contributed by atoms with Crippen LogP contribution in [0.2, 0.25) is 0 Å². The zero-order valence-electron chi connectivity index (χ0n) is 10.7. The first kappa shape index (κ1) is 12.2. The van der Waals surface area contributed by atoms with Gasteiger partial charge in [-0.25, -0.2) is 4.98 Å². The number of methoxy groups -OCH3 is 1. The fourth-order valence-electron chi connectivity index (χ4n) is 1.79. The lowest BCUT2D eigenvalue weighted by molar-refractivity contribution is 0.102. The van der Waals surface area contributed by atoms with Crippen molar-refractivity contribution in [3.8, 4) is 5.75 Å². The number of ether oxygens (including phenoxy) is 1. The number of amides is 1. The Balaban J connectivity index is 1.84. The molecule has 2 aromatic heterocycles. The number of nitrogens with one attached hydrogen (secondary N) is 1. The van der Waals surface area contributed by atoms with Gasteiger partial charge >= 0.3 is 0 Å². The number of pyridine rings is 1. The Kier molecular flexibility index (Phi) is 3.04. The minimum atomic E-state index is -0.272. The summed E-state index contributed by atoms with van der Waals surface area (Å²) < 4.78 is 10.1. The van der Waals surface area contributed by atoms with Crippen molar-refractivity contribution in [1.29, 1.82) is 0 Å². The largest absolute Gasteiger partial charge is 0.497 e. The molecule has 0 saturated heterocycles. The molecule has 3 aromatic rings. The molecule has 0 atom stereocenters. The lowest BCUT2D eigenvalue weighted by atomic mass is 10.2. The van der Waals surface area contributed by atoms with Gasteiger partial charge < -0.3 is 14.6 Å². The van der Waals surface area contributed by atoms with E-state index in [-0.39, 0.29) is 5.91 Å². The van der Waals surface area contributed by atoms with E-state index in [2.05, 4.69) is 15.5 Å². The molecule has 0 aliphatic rings. The molecular formula is C14H11N3O3. The molecule has 1 aromatic carbocycles. The van der Waals surface area contributed by atoms with Crippen molar-refractivity contribution in [2.45, 2.75) is 0 Å². The van der Waals surface area contributed by atoms with Crippen molar-refractivity contribution < 1.29 is 14.1 Å². The summed E-state index contributed by atoms with van der Waals surface area (Å²) in [7, 11) is 1.57. The fraction of sp³-hybridized carbons (Fsp3) is 0.0714. The highest BCUT2D eigenvalue weighted by Gasteiger charge is 2.13. The molecule has 100 valence electrons.